The van der Waals surface area contributed by atoms with E-state index in [9.17, 15) is 62.3 Å². The number of carbonyl (C=O) groups excluding carboxylic acids is 13. The highest BCUT2D eigenvalue weighted by molar-refractivity contribution is 5.99. The van der Waals surface area contributed by atoms with Crippen molar-refractivity contribution in [3.63, 3.8) is 0 Å². The number of ether oxygens (including phenoxy) is 2. The van der Waals surface area contributed by atoms with E-state index in [1.54, 1.807) is 74.7 Å². The zero-order chi connectivity index (χ0) is 98.3. The summed E-state index contributed by atoms with van der Waals surface area (Å²) in [5, 5.41) is 30.3. The predicted octanol–water partition coefficient (Wildman–Crippen LogP) is 9.56. The number of Topliss-reactive ketones (excluding diaryl/α,β-unsaturated/α-hetero) is 3. The molecule has 3 fully saturated rings. The number of benzene rings is 2. The molecule has 11 amide bonds. The maximum absolute atomic E-state index is 14.8. The fourth-order valence-electron chi connectivity index (χ4n) is 19.8. The topological polar surface area (TPSA) is 416 Å². The van der Waals surface area contributed by atoms with Gasteiger partial charge in [0.25, 0.3) is 0 Å². The second kappa shape index (κ2) is 57.6. The van der Waals surface area contributed by atoms with Gasteiger partial charge in [0.15, 0.2) is 11.6 Å². The predicted molar refractivity (Wildman–Crippen MR) is 519 cm³/mol. The van der Waals surface area contributed by atoms with Crippen molar-refractivity contribution in [3.8, 4) is 0 Å². The highest BCUT2D eigenvalue weighted by Gasteiger charge is 2.45. The second-order valence-electron chi connectivity index (χ2n) is 39.4. The molecule has 3 saturated heterocycles. The number of hydrogen-bond acceptors (Lipinski definition) is 21. The number of pyridine rings is 1. The van der Waals surface area contributed by atoms with Crippen molar-refractivity contribution in [1.82, 2.24) is 72.0 Å². The number of aromatic nitrogens is 1. The monoisotopic (exact) mass is 1860 g/mol. The molecule has 0 radical (unpaired) electrons. The lowest BCUT2D eigenvalue weighted by molar-refractivity contribution is -0.147. The molecule has 133 heavy (non-hydrogen) atoms. The van der Waals surface area contributed by atoms with Crippen molar-refractivity contribution in [2.45, 2.75) is 306 Å². The van der Waals surface area contributed by atoms with E-state index in [1.165, 1.54) is 0 Å². The molecule has 5 unspecified atom stereocenters. The molecule has 32 nitrogen and oxygen atoms in total. The van der Waals surface area contributed by atoms with Crippen LogP contribution in [0.1, 0.15) is 236 Å². The van der Waals surface area contributed by atoms with E-state index in [0.717, 1.165) is 44.5 Å². The summed E-state index contributed by atoms with van der Waals surface area (Å²) < 4.78 is 12.4. The van der Waals surface area contributed by atoms with Crippen molar-refractivity contribution >= 4 is 88.4 Å². The SMILES string of the molecule is CC[C@H](CC(=O)[C@@H](NC(=O)CCCN1CCC(CNCNC(=O)C2CCN(CCCC(=O)N[C@H](C(=O)C[C@@H](CCCNC(N)=O)C(=O)Nc3ccc(CNC(=O)[C@@H](CC(=O)[C@H](C)[C@@H](OC)[C@@H]4CCCN4C(=O)C[C@@H](OC)[C@H]([C@@H](C)CC)N(C)C(=O)[C@@H](NC(C)[C@H](C(C)C)N(C)C)C(C)C)Cc4ccccn4)cc3)C(C)C)C(C)C2)CC1C)C(C)C)C(=O)Nc1ccc(CNC=O)cc1. The minimum absolute atomic E-state index is 0.00392. The Labute approximate surface area is 792 Å². The molecule has 12 N–H and O–H groups in total. The number of urea groups is 1. The van der Waals surface area contributed by atoms with Crippen molar-refractivity contribution < 1.29 is 71.8 Å². The van der Waals surface area contributed by atoms with Gasteiger partial charge in [0.2, 0.25) is 53.7 Å². The quantitative estimate of drug-likeness (QED) is 0.0142. The number of methoxy groups -OCH3 is 2. The number of amides is 11. The number of nitrogens with one attached hydrogen (secondary N) is 10. The van der Waals surface area contributed by atoms with Gasteiger partial charge in [-0.1, -0.05) is 120 Å². The number of carbonyl (C=O) groups is 13. The zero-order valence-electron chi connectivity index (χ0n) is 83.6. The van der Waals surface area contributed by atoms with Crippen LogP contribution in [0.15, 0.2) is 72.9 Å². The summed E-state index contributed by atoms with van der Waals surface area (Å²) in [4.78, 5) is 192. The molecule has 3 aliphatic heterocycles. The Morgan fingerprint density at radius 1 is 0.586 bits per heavy atom. The molecule has 0 aliphatic carbocycles. The molecule has 0 bridgehead atoms. The van der Waals surface area contributed by atoms with Crippen LogP contribution in [0.4, 0.5) is 16.2 Å². The van der Waals surface area contributed by atoms with Gasteiger partial charge in [-0.15, -0.1) is 0 Å². The Hall–Kier alpha value is -9.18. The van der Waals surface area contributed by atoms with E-state index in [1.807, 2.05) is 84.7 Å². The van der Waals surface area contributed by atoms with Crippen molar-refractivity contribution in [2.75, 3.05) is 98.5 Å². The maximum atomic E-state index is 14.8. The van der Waals surface area contributed by atoms with Crippen LogP contribution in [0, 0.1) is 65.1 Å². The lowest BCUT2D eigenvalue weighted by Crippen LogP contribution is -2.60. The third-order valence-electron chi connectivity index (χ3n) is 27.7. The van der Waals surface area contributed by atoms with Gasteiger partial charge in [-0.2, -0.15) is 0 Å². The van der Waals surface area contributed by atoms with Crippen LogP contribution in [-0.4, -0.2) is 261 Å². The van der Waals surface area contributed by atoms with Crippen molar-refractivity contribution in [1.29, 1.82) is 0 Å². The molecule has 1 aromatic heterocycles. The average Bonchev–Trinajstić information content (AvgIpc) is 1.74. The molecule has 4 heterocycles. The van der Waals surface area contributed by atoms with Gasteiger partial charge in [-0.05, 0) is 221 Å². The Kier molecular flexibility index (Phi) is 48.8. The van der Waals surface area contributed by atoms with Crippen LogP contribution in [0.25, 0.3) is 0 Å². The lowest BCUT2D eigenvalue weighted by Gasteiger charge is -2.42. The first-order chi connectivity index (χ1) is 63.2. The highest BCUT2D eigenvalue weighted by atomic mass is 16.5. The van der Waals surface area contributed by atoms with Crippen molar-refractivity contribution in [3.05, 3.63) is 89.7 Å². The molecule has 18 atom stereocenters. The van der Waals surface area contributed by atoms with Gasteiger partial charge in [0, 0.05) is 157 Å². The number of anilines is 2. The summed E-state index contributed by atoms with van der Waals surface area (Å²) in [6.07, 6.45) is 8.68. The molecule has 2 aromatic carbocycles. The molecular formula is C101H165N17O15. The third-order valence-corrected chi connectivity index (χ3v) is 27.7. The number of rotatable bonds is 60. The molecule has 3 aromatic rings. The Bertz CT molecular complexity index is 4130. The minimum Gasteiger partial charge on any atom is -0.379 e. The first kappa shape index (κ1) is 113. The summed E-state index contributed by atoms with van der Waals surface area (Å²) in [6, 6.07) is 16.3. The minimum atomic E-state index is -0.883. The number of hydrogen-bond donors (Lipinski definition) is 11. The maximum Gasteiger partial charge on any atom is 0.312 e. The second-order valence-corrected chi connectivity index (χ2v) is 39.4. The number of nitrogens with zero attached hydrogens (tertiary/aromatic N) is 6. The fourth-order valence-corrected chi connectivity index (χ4v) is 19.8. The molecular weight excluding hydrogens is 1690 g/mol. The summed E-state index contributed by atoms with van der Waals surface area (Å²) in [7, 11) is 9.08. The molecule has 6 rings (SSSR count). The Morgan fingerprint density at radius 3 is 1.66 bits per heavy atom. The first-order valence-corrected chi connectivity index (χ1v) is 49.1. The number of nitrogens with two attached hydrogens (primary N) is 1. The summed E-state index contributed by atoms with van der Waals surface area (Å²) in [5.41, 5.74) is 8.60. The summed E-state index contributed by atoms with van der Waals surface area (Å²) in [6.45, 7) is 35.3. The van der Waals surface area contributed by atoms with Gasteiger partial charge in [-0.3, -0.25) is 67.8 Å². The van der Waals surface area contributed by atoms with E-state index >= 15 is 0 Å². The van der Waals surface area contributed by atoms with Crippen LogP contribution < -0.4 is 58.9 Å². The van der Waals surface area contributed by atoms with Crippen LogP contribution in [0.2, 0.25) is 0 Å². The highest BCUT2D eigenvalue weighted by Crippen LogP contribution is 2.34. The van der Waals surface area contributed by atoms with Gasteiger partial charge in [0.05, 0.1) is 61.4 Å². The van der Waals surface area contributed by atoms with Crippen LogP contribution in [-0.2, 0) is 86.5 Å². The smallest absolute Gasteiger partial charge is 0.312 e. The summed E-state index contributed by atoms with van der Waals surface area (Å²) in [5.74, 6) is -5.35. The number of ketones is 3. The van der Waals surface area contributed by atoms with Crippen LogP contribution >= 0.6 is 0 Å². The Balaban J connectivity index is 0.932. The zero-order valence-corrected chi connectivity index (χ0v) is 83.6. The number of primary amides is 1. The molecule has 32 heteroatoms. The van der Waals surface area contributed by atoms with E-state index in [2.05, 4.69) is 135 Å². The van der Waals surface area contributed by atoms with Gasteiger partial charge in [-0.25, -0.2) is 4.79 Å². The van der Waals surface area contributed by atoms with Crippen LogP contribution in [0.3, 0.4) is 0 Å². The van der Waals surface area contributed by atoms with Gasteiger partial charge in [0.1, 0.15) is 5.78 Å². The normalized spacial score (nSPS) is 19.6. The van der Waals surface area contributed by atoms with Crippen LogP contribution in [0.5, 0.6) is 0 Å². The summed E-state index contributed by atoms with van der Waals surface area (Å²) >= 11 is 0. The Morgan fingerprint density at radius 2 is 1.15 bits per heavy atom. The van der Waals surface area contributed by atoms with Gasteiger partial charge >= 0.3 is 6.03 Å². The largest absolute Gasteiger partial charge is 0.379 e. The van der Waals surface area contributed by atoms with Crippen molar-refractivity contribution in [2.24, 2.45) is 70.8 Å². The van der Waals surface area contributed by atoms with E-state index in [-0.39, 0.29) is 171 Å². The molecule has 0 saturated carbocycles. The fraction of sp³-hybridized carbons (Fsp3) is 0.703. The number of piperidine rings is 2. The van der Waals surface area contributed by atoms with E-state index in [0.29, 0.717) is 131 Å². The van der Waals surface area contributed by atoms with Gasteiger partial charge < -0.3 is 87.6 Å². The first-order valence-electron chi connectivity index (χ1n) is 49.1. The molecule has 3 aliphatic rings. The number of likely N-dealkylation sites (N-methyl/N-ethyl adjacent to an activating group) is 2. The number of likely N-dealkylation sites (tertiary alicyclic amines) is 3. The molecule has 744 valence electrons. The van der Waals surface area contributed by atoms with E-state index in [4.69, 9.17) is 15.2 Å². The average molecular weight is 1860 g/mol. The molecule has 0 spiro atoms. The lowest BCUT2D eigenvalue weighted by atomic mass is 9.85. The van der Waals surface area contributed by atoms with E-state index < -0.39 is 78.0 Å². The third kappa shape index (κ3) is 36.4. The standard InChI is InChI=1S/C101H165N17O15/c1-21-67(11)94(115(18)100(130)92(65(7)8)109-71(15)93(66(9)10)114(16)17)86(132-19)57-89(125)118-48-26-31-82(118)95(133-20)70(14)83(120)56-78(53-81-30-23-24-44-105-81)97(127)107-60-73-36-40-80(41-37-73)111-99(129)76(29-25-45-106-101(102)131)55-85(122)91(64(5)6)113-88(124)33-28-47-117-50-43-77(52-69(117)13)96(126)108-61-103-59-74-42-49-116(68(12)51-74)46-27-32-87(123)112-90(63(3)4)84(121)54-75(22-2)98(128)110-79-38-34-72(35-39-79)58-104-62-119/h23-24,30,34-41,44,62-71,74-78,82,86,90-95,103,109H,21-22,25-29,31-33,42-43,45-61H2,1-20H3,(H,104,119)(H,107,127)(H,108,126)(H,110,128)(H,111,129)(H,112,123)(H,113,124)(H3,102,106,131)/t67-,68?,69?,70-,71?,74?,75+,76+,77?,78+,82-,86+,90-,91-,92-,93-,94-,95+/m0/s1.